The minimum Gasteiger partial charge on any atom is -0.490 e. The summed E-state index contributed by atoms with van der Waals surface area (Å²) < 4.78 is 35.6. The monoisotopic (exact) mass is 1280 g/mol. The molecule has 0 radical (unpaired) electrons. The van der Waals surface area contributed by atoms with Crippen LogP contribution in [0.4, 0.5) is 45.5 Å². The predicted octanol–water partition coefficient (Wildman–Crippen LogP) is 16.1. The van der Waals surface area contributed by atoms with E-state index in [2.05, 4.69) is 42.9 Å². The van der Waals surface area contributed by atoms with E-state index >= 15 is 9.59 Å². The molecule has 95 heavy (non-hydrogen) atoms. The van der Waals surface area contributed by atoms with Gasteiger partial charge in [0.1, 0.15) is 62.5 Å². The van der Waals surface area contributed by atoms with Gasteiger partial charge in [-0.25, -0.2) is 0 Å². The molecule has 8 aromatic carbocycles. The lowest BCUT2D eigenvalue weighted by atomic mass is 9.73. The van der Waals surface area contributed by atoms with Gasteiger partial charge in [-0.15, -0.1) is 9.81 Å². The van der Waals surface area contributed by atoms with E-state index in [1.807, 2.05) is 96.4 Å². The Balaban J connectivity index is 0.974. The van der Waals surface area contributed by atoms with E-state index < -0.39 is 54.0 Å². The Kier molecular flexibility index (Phi) is 25.6. The number of benzene rings is 8. The van der Waals surface area contributed by atoms with Crippen molar-refractivity contribution in [3.05, 3.63) is 215 Å². The minimum absolute atomic E-state index is 0.0756. The standard InChI is InChI=1S/C73H70N10O12/c1-5-82(65-31-27-61(28-32-65)78-76-59-19-23-63(80-88)24-20-59)39-41-92-69(84)51(3)47-73(71(86)94-45-43-90-67-35-15-57(16-36-67)55-11-7-53(49-74)8-12-55,72(87)95-46-44-91-68-37-17-58(18-38-68)56-13-9-54(50-75)10-14-56)48-52(4)70(85)93-42-40-83(6-2)66-33-29-62(30-34-66)79-77-60-21-25-64(81-89)26-22-60/h7-38,51-52H,5-6,39-48H2,1-4H3. The van der Waals surface area contributed by atoms with Crippen LogP contribution in [0.1, 0.15) is 51.7 Å². The number of nitriles is 2. The maximum atomic E-state index is 15.0. The molecule has 0 saturated carbocycles. The lowest BCUT2D eigenvalue weighted by Gasteiger charge is -2.33. The molecule has 22 nitrogen and oxygen atoms in total. The average molecular weight is 1280 g/mol. The number of ether oxygens (including phenoxy) is 6. The van der Waals surface area contributed by atoms with E-state index in [1.54, 1.807) is 121 Å². The van der Waals surface area contributed by atoms with Crippen molar-refractivity contribution in [3.63, 3.8) is 0 Å². The molecule has 8 rings (SSSR count). The molecular weight excluding hydrogens is 1210 g/mol. The second-order valence-corrected chi connectivity index (χ2v) is 21.8. The molecular formula is C73H70N10O12. The largest absolute Gasteiger partial charge is 0.490 e. The second kappa shape index (κ2) is 35.1. The predicted molar refractivity (Wildman–Crippen MR) is 359 cm³/mol. The molecule has 2 unspecified atom stereocenters. The first-order valence-electron chi connectivity index (χ1n) is 30.8. The molecule has 0 amide bonds. The number of esters is 4. The van der Waals surface area contributed by atoms with Crippen LogP contribution in [-0.4, -0.2) is 89.7 Å². The zero-order valence-electron chi connectivity index (χ0n) is 53.0. The third-order valence-electron chi connectivity index (χ3n) is 15.3. The van der Waals surface area contributed by atoms with E-state index in [-0.39, 0.29) is 64.1 Å². The summed E-state index contributed by atoms with van der Waals surface area (Å²) in [5.74, 6) is -4.96. The quantitative estimate of drug-likeness (QED) is 0.00904. The molecule has 0 N–H and O–H groups in total. The number of carbonyl (C=O) groups excluding carboxylic acids is 4. The molecule has 0 bridgehead atoms. The van der Waals surface area contributed by atoms with Crippen molar-refractivity contribution in [1.29, 1.82) is 10.5 Å². The highest BCUT2D eigenvalue weighted by Gasteiger charge is 2.52. The molecule has 0 aliphatic rings. The number of hydrogen-bond donors (Lipinski definition) is 0. The first-order valence-corrected chi connectivity index (χ1v) is 30.8. The zero-order chi connectivity index (χ0) is 67.4. The van der Waals surface area contributed by atoms with E-state index in [9.17, 15) is 29.9 Å². The number of anilines is 2. The summed E-state index contributed by atoms with van der Waals surface area (Å²) in [4.78, 5) is 84.0. The van der Waals surface area contributed by atoms with E-state index in [1.165, 1.54) is 13.8 Å². The van der Waals surface area contributed by atoms with Crippen LogP contribution in [0.5, 0.6) is 11.5 Å². The van der Waals surface area contributed by atoms with Crippen LogP contribution in [0.15, 0.2) is 225 Å². The summed E-state index contributed by atoms with van der Waals surface area (Å²) in [5.41, 5.74) is 6.72. The highest BCUT2D eigenvalue weighted by molar-refractivity contribution is 6.01. The van der Waals surface area contributed by atoms with Crippen LogP contribution in [0.3, 0.4) is 0 Å². The van der Waals surface area contributed by atoms with Crippen LogP contribution >= 0.6 is 0 Å². The first-order chi connectivity index (χ1) is 46.2. The number of nitroso groups, excluding NO2 is 2. The summed E-state index contributed by atoms with van der Waals surface area (Å²) in [6.45, 7) is 7.42. The molecule has 0 saturated heterocycles. The van der Waals surface area contributed by atoms with Crippen LogP contribution in [0.25, 0.3) is 22.3 Å². The Morgan fingerprint density at radius 1 is 0.400 bits per heavy atom. The molecule has 0 spiro atoms. The second-order valence-electron chi connectivity index (χ2n) is 21.8. The van der Waals surface area contributed by atoms with Gasteiger partial charge in [0.2, 0.25) is 0 Å². The Labute approximate surface area is 550 Å². The highest BCUT2D eigenvalue weighted by atomic mass is 16.6. The van der Waals surface area contributed by atoms with Gasteiger partial charge in [0.05, 0.1) is 70.9 Å². The first kappa shape index (κ1) is 69.1. The Hall–Kier alpha value is -11.8. The Morgan fingerprint density at radius 2 is 0.695 bits per heavy atom. The highest BCUT2D eigenvalue weighted by Crippen LogP contribution is 2.39. The summed E-state index contributed by atoms with van der Waals surface area (Å²) in [7, 11) is 0. The molecule has 0 heterocycles. The molecule has 2 atom stereocenters. The van der Waals surface area contributed by atoms with Gasteiger partial charge in [-0.2, -0.15) is 31.0 Å². The Bertz CT molecular complexity index is 3730. The van der Waals surface area contributed by atoms with Crippen molar-refractivity contribution < 1.29 is 47.6 Å². The third kappa shape index (κ3) is 20.1. The number of carbonyl (C=O) groups is 4. The number of hydrogen-bond acceptors (Lipinski definition) is 22. The molecule has 0 aliphatic carbocycles. The number of rotatable bonds is 34. The van der Waals surface area contributed by atoms with Gasteiger partial charge < -0.3 is 38.2 Å². The number of nitrogens with zero attached hydrogens (tertiary/aromatic N) is 10. The molecule has 0 aliphatic heterocycles. The van der Waals surface area contributed by atoms with Crippen molar-refractivity contribution in [2.24, 2.45) is 48.1 Å². The fourth-order valence-corrected chi connectivity index (χ4v) is 10.1. The fraction of sp³-hybridized carbons (Fsp3) is 0.260. The molecule has 22 heteroatoms. The van der Waals surface area contributed by atoms with E-state index in [0.29, 0.717) is 58.5 Å². The summed E-state index contributed by atoms with van der Waals surface area (Å²) in [6.07, 6.45) is -0.990. The van der Waals surface area contributed by atoms with Crippen LogP contribution in [0.2, 0.25) is 0 Å². The van der Waals surface area contributed by atoms with Gasteiger partial charge in [-0.3, -0.25) is 19.2 Å². The van der Waals surface area contributed by atoms with Crippen molar-refractivity contribution in [3.8, 4) is 45.9 Å². The Morgan fingerprint density at radius 3 is 0.989 bits per heavy atom. The third-order valence-corrected chi connectivity index (χ3v) is 15.3. The number of likely N-dealkylation sites (N-methyl/N-ethyl adjacent to an activating group) is 2. The lowest BCUT2D eigenvalue weighted by Crippen LogP contribution is -2.47. The van der Waals surface area contributed by atoms with Gasteiger partial charge in [-0.1, -0.05) is 62.4 Å². The minimum atomic E-state index is -2.29. The summed E-state index contributed by atoms with van der Waals surface area (Å²) in [5, 5.41) is 41.3. The van der Waals surface area contributed by atoms with Crippen LogP contribution < -0.4 is 19.3 Å². The lowest BCUT2D eigenvalue weighted by molar-refractivity contribution is -0.178. The topological polar surface area (TPSA) is 286 Å². The van der Waals surface area contributed by atoms with Crippen molar-refractivity contribution >= 4 is 69.4 Å². The summed E-state index contributed by atoms with van der Waals surface area (Å²) in [6, 6.07) is 60.1. The van der Waals surface area contributed by atoms with Crippen molar-refractivity contribution in [1.82, 2.24) is 0 Å². The normalized spacial score (nSPS) is 11.7. The van der Waals surface area contributed by atoms with Gasteiger partial charge in [0.15, 0.2) is 5.41 Å². The smallest absolute Gasteiger partial charge is 0.323 e. The van der Waals surface area contributed by atoms with Gasteiger partial charge in [0, 0.05) is 24.5 Å². The zero-order valence-corrected chi connectivity index (χ0v) is 53.0. The van der Waals surface area contributed by atoms with Crippen LogP contribution in [-0.2, 0) is 38.1 Å². The maximum Gasteiger partial charge on any atom is 0.323 e. The van der Waals surface area contributed by atoms with Crippen molar-refractivity contribution in [2.75, 3.05) is 75.6 Å². The molecule has 484 valence electrons. The van der Waals surface area contributed by atoms with E-state index in [4.69, 9.17) is 28.4 Å². The van der Waals surface area contributed by atoms with E-state index in [0.717, 1.165) is 33.6 Å². The fourth-order valence-electron chi connectivity index (χ4n) is 10.1. The van der Waals surface area contributed by atoms with Gasteiger partial charge in [0.25, 0.3) is 0 Å². The van der Waals surface area contributed by atoms with Gasteiger partial charge >= 0.3 is 23.9 Å². The molecule has 8 aromatic rings. The maximum absolute atomic E-state index is 15.0. The van der Waals surface area contributed by atoms with Crippen LogP contribution in [0, 0.1) is 49.7 Å². The van der Waals surface area contributed by atoms with Crippen molar-refractivity contribution in [2.45, 2.75) is 40.5 Å². The number of azo groups is 2. The SMILES string of the molecule is CCN(CCOC(=O)C(C)CC(CC(C)C(=O)OCCN(CC)c1ccc(N=Nc2ccc(N=O)cc2)cc1)(C(=O)OCCOc1ccc(-c2ccc(C#N)cc2)cc1)C(=O)OCCOc1ccc(-c2ccc(C#N)cc2)cc1)c1ccc(N=Nc2ccc(N=O)cc2)cc1. The van der Waals surface area contributed by atoms with Gasteiger partial charge in [-0.05, 0) is 205 Å². The molecule has 0 aromatic heterocycles. The molecule has 0 fully saturated rings. The average Bonchev–Trinajstić information content (AvgIpc) is 0.798. The summed E-state index contributed by atoms with van der Waals surface area (Å²) >= 11 is 0.